The van der Waals surface area contributed by atoms with Crippen LogP contribution < -0.4 is 5.32 Å². The Morgan fingerprint density at radius 3 is 2.25 bits per heavy atom. The largest absolute Gasteiger partial charge is 0.466 e. The summed E-state index contributed by atoms with van der Waals surface area (Å²) >= 11 is 0. The van der Waals surface area contributed by atoms with E-state index in [1.165, 1.54) is 0 Å². The number of ether oxygens (including phenoxy) is 2. The number of carbonyl (C=O) groups excluding carboxylic acids is 2. The van der Waals surface area contributed by atoms with E-state index in [1.807, 2.05) is 0 Å². The van der Waals surface area contributed by atoms with Gasteiger partial charge in [0.1, 0.15) is 23.5 Å². The van der Waals surface area contributed by atoms with Crippen molar-refractivity contribution in [2.75, 3.05) is 19.5 Å². The van der Waals surface area contributed by atoms with Gasteiger partial charge in [-0.2, -0.15) is 10.5 Å². The molecule has 0 aliphatic rings. The van der Waals surface area contributed by atoms with Gasteiger partial charge in [0.05, 0.1) is 36.3 Å². The van der Waals surface area contributed by atoms with E-state index in [4.69, 9.17) is 10.5 Å². The van der Waals surface area contributed by atoms with Crippen molar-refractivity contribution >= 4 is 23.3 Å². The number of hydrogen-bond donors (Lipinski definition) is 1. The van der Waals surface area contributed by atoms with Gasteiger partial charge in [-0.25, -0.2) is 9.59 Å². The van der Waals surface area contributed by atoms with Gasteiger partial charge in [0.25, 0.3) is 5.69 Å². The van der Waals surface area contributed by atoms with Crippen molar-refractivity contribution in [3.63, 3.8) is 0 Å². The molecule has 0 bridgehead atoms. The summed E-state index contributed by atoms with van der Waals surface area (Å²) in [6.45, 7) is 0. The molecule has 10 heteroatoms. The lowest BCUT2D eigenvalue weighted by Gasteiger charge is -2.10. The van der Waals surface area contributed by atoms with Gasteiger partial charge in [0.2, 0.25) is 0 Å². The fraction of sp³-hybridized carbons (Fsp3) is 0.143. The highest BCUT2D eigenvalue weighted by Crippen LogP contribution is 2.29. The van der Waals surface area contributed by atoms with Crippen LogP contribution in [0.25, 0.3) is 0 Å². The summed E-state index contributed by atoms with van der Waals surface area (Å²) in [6.07, 6.45) is 0.736. The first-order chi connectivity index (χ1) is 11.4. The average molecular weight is 330 g/mol. The third-order valence-electron chi connectivity index (χ3n) is 2.71. The number of anilines is 1. The summed E-state index contributed by atoms with van der Waals surface area (Å²) in [5.74, 6) is -1.89. The number of rotatable bonds is 5. The van der Waals surface area contributed by atoms with Crippen molar-refractivity contribution in [1.29, 1.82) is 10.5 Å². The third kappa shape index (κ3) is 4.05. The molecule has 0 fully saturated rings. The zero-order valence-electron chi connectivity index (χ0n) is 12.5. The summed E-state index contributed by atoms with van der Waals surface area (Å²) in [7, 11) is 2.12. The van der Waals surface area contributed by atoms with E-state index < -0.39 is 28.2 Å². The molecule has 0 unspecified atom stereocenters. The zero-order valence-corrected chi connectivity index (χ0v) is 12.5. The number of hydrogen-bond acceptors (Lipinski definition) is 9. The Hall–Kier alpha value is -3.92. The number of nitro groups is 1. The Morgan fingerprint density at radius 1 is 1.21 bits per heavy atom. The van der Waals surface area contributed by atoms with Crippen LogP contribution in [-0.4, -0.2) is 31.1 Å². The van der Waals surface area contributed by atoms with Crippen LogP contribution in [0.15, 0.2) is 23.9 Å². The van der Waals surface area contributed by atoms with E-state index in [2.05, 4.69) is 14.8 Å². The van der Waals surface area contributed by atoms with Crippen molar-refractivity contribution in [1.82, 2.24) is 0 Å². The molecule has 0 heterocycles. The van der Waals surface area contributed by atoms with Crippen LogP contribution >= 0.6 is 0 Å². The number of methoxy groups -OCH3 is 2. The van der Waals surface area contributed by atoms with Gasteiger partial charge in [0, 0.05) is 6.07 Å². The molecular weight excluding hydrogens is 320 g/mol. The molecule has 0 saturated heterocycles. The maximum Gasteiger partial charge on any atom is 0.354 e. The number of carbonyl (C=O) groups is 2. The molecule has 0 aliphatic carbocycles. The molecule has 0 radical (unpaired) electrons. The predicted molar refractivity (Wildman–Crippen MR) is 78.3 cm³/mol. The topological polar surface area (TPSA) is 155 Å². The number of nitriles is 2. The van der Waals surface area contributed by atoms with Crippen molar-refractivity contribution in [2.45, 2.75) is 0 Å². The van der Waals surface area contributed by atoms with Crippen molar-refractivity contribution in [3.8, 4) is 12.1 Å². The monoisotopic (exact) mass is 330 g/mol. The fourth-order valence-electron chi connectivity index (χ4n) is 1.60. The first-order valence-electron chi connectivity index (χ1n) is 6.15. The second kappa shape index (κ2) is 7.91. The number of nitrogens with one attached hydrogen (secondary N) is 1. The standard InChI is InChI=1S/C14H10N4O6/c1-23-13(19)5-11(14(20)24-2)17-10-3-8(6-15)9(7-16)4-12(10)18(21)22/h3-5,17H,1-2H3/b11-5+. The molecule has 1 rings (SSSR count). The Balaban J connectivity index is 3.48. The Bertz CT molecular complexity index is 816. The van der Waals surface area contributed by atoms with Gasteiger partial charge >= 0.3 is 11.9 Å². The smallest absolute Gasteiger partial charge is 0.354 e. The minimum Gasteiger partial charge on any atom is -0.466 e. The zero-order chi connectivity index (χ0) is 18.3. The van der Waals surface area contributed by atoms with Crippen LogP contribution in [0.4, 0.5) is 11.4 Å². The first kappa shape index (κ1) is 18.1. The number of nitrogens with zero attached hydrogens (tertiary/aromatic N) is 3. The van der Waals surface area contributed by atoms with Crippen molar-refractivity contribution < 1.29 is 24.0 Å². The molecule has 0 aliphatic heterocycles. The molecule has 0 saturated carbocycles. The summed E-state index contributed by atoms with van der Waals surface area (Å²) in [5.41, 5.74) is -1.62. The van der Waals surface area contributed by atoms with Gasteiger partial charge in [-0.05, 0) is 6.07 Å². The van der Waals surface area contributed by atoms with E-state index in [0.717, 1.165) is 32.4 Å². The van der Waals surface area contributed by atoms with Gasteiger partial charge in [-0.15, -0.1) is 0 Å². The molecular formula is C14H10N4O6. The Morgan fingerprint density at radius 2 is 1.79 bits per heavy atom. The molecule has 1 N–H and O–H groups in total. The Labute approximate surface area is 135 Å². The lowest BCUT2D eigenvalue weighted by Crippen LogP contribution is -2.16. The quantitative estimate of drug-likeness (QED) is 0.360. The van der Waals surface area contributed by atoms with Gasteiger partial charge in [-0.3, -0.25) is 10.1 Å². The highest BCUT2D eigenvalue weighted by molar-refractivity contribution is 5.99. The summed E-state index contributed by atoms with van der Waals surface area (Å²) in [4.78, 5) is 33.3. The summed E-state index contributed by atoms with van der Waals surface area (Å²) < 4.78 is 8.85. The Kier molecular flexibility index (Phi) is 5.98. The second-order valence-electron chi connectivity index (χ2n) is 4.09. The van der Waals surface area contributed by atoms with Crippen LogP contribution in [0.1, 0.15) is 11.1 Å². The normalized spacial score (nSPS) is 10.1. The van der Waals surface area contributed by atoms with E-state index in [-0.39, 0.29) is 16.8 Å². The van der Waals surface area contributed by atoms with Crippen molar-refractivity contribution in [2.24, 2.45) is 0 Å². The lowest BCUT2D eigenvalue weighted by atomic mass is 10.1. The van der Waals surface area contributed by atoms with Gasteiger partial charge in [0.15, 0.2) is 0 Å². The number of benzene rings is 1. The maximum absolute atomic E-state index is 11.7. The third-order valence-corrected chi connectivity index (χ3v) is 2.71. The van der Waals surface area contributed by atoms with Crippen LogP contribution in [0.3, 0.4) is 0 Å². The van der Waals surface area contributed by atoms with E-state index in [1.54, 1.807) is 12.1 Å². The second-order valence-corrected chi connectivity index (χ2v) is 4.09. The van der Waals surface area contributed by atoms with Crippen LogP contribution in [-0.2, 0) is 19.1 Å². The van der Waals surface area contributed by atoms with Crippen LogP contribution in [0, 0.1) is 32.8 Å². The van der Waals surface area contributed by atoms with E-state index in [0.29, 0.717) is 0 Å². The van der Waals surface area contributed by atoms with E-state index >= 15 is 0 Å². The molecule has 0 spiro atoms. The van der Waals surface area contributed by atoms with Crippen LogP contribution in [0.2, 0.25) is 0 Å². The summed E-state index contributed by atoms with van der Waals surface area (Å²) in [6, 6.07) is 5.27. The fourth-order valence-corrected chi connectivity index (χ4v) is 1.60. The number of esters is 2. The molecule has 24 heavy (non-hydrogen) atoms. The first-order valence-corrected chi connectivity index (χ1v) is 6.15. The van der Waals surface area contributed by atoms with Crippen molar-refractivity contribution in [3.05, 3.63) is 45.1 Å². The molecule has 0 atom stereocenters. The number of nitro benzene ring substituents is 1. The summed E-state index contributed by atoms with van der Waals surface area (Å²) in [5, 5.41) is 31.4. The molecule has 10 nitrogen and oxygen atoms in total. The molecule has 0 amide bonds. The highest BCUT2D eigenvalue weighted by atomic mass is 16.6. The molecule has 0 aromatic heterocycles. The predicted octanol–water partition coefficient (Wildman–Crippen LogP) is 0.980. The lowest BCUT2D eigenvalue weighted by molar-refractivity contribution is -0.384. The highest BCUT2D eigenvalue weighted by Gasteiger charge is 2.22. The average Bonchev–Trinajstić information content (AvgIpc) is 2.59. The minimum atomic E-state index is -0.988. The molecule has 1 aromatic carbocycles. The minimum absolute atomic E-state index is 0.145. The van der Waals surface area contributed by atoms with Gasteiger partial charge < -0.3 is 14.8 Å². The van der Waals surface area contributed by atoms with Crippen LogP contribution in [0.5, 0.6) is 0 Å². The SMILES string of the molecule is COC(=O)/C=C(/Nc1cc(C#N)c(C#N)cc1[N+](=O)[O-])C(=O)OC. The molecule has 122 valence electrons. The van der Waals surface area contributed by atoms with Gasteiger partial charge in [-0.1, -0.05) is 0 Å². The van der Waals surface area contributed by atoms with E-state index in [9.17, 15) is 19.7 Å². The molecule has 1 aromatic rings. The maximum atomic E-state index is 11.7.